The Kier molecular flexibility index (Phi) is 25.6. The summed E-state index contributed by atoms with van der Waals surface area (Å²) in [4.78, 5) is 46.9. The number of nitrogens with zero attached hydrogens (tertiary/aromatic N) is 10. The largest absolute Gasteiger partial charge is 3.00 e. The molecule has 5 heterocycles. The van der Waals surface area contributed by atoms with E-state index in [1.165, 1.54) is 0 Å². The van der Waals surface area contributed by atoms with Gasteiger partial charge in [0.15, 0.2) is 0 Å². The van der Waals surface area contributed by atoms with Gasteiger partial charge in [-0.25, -0.2) is 19.9 Å². The normalized spacial score (nSPS) is 11.7. The first-order chi connectivity index (χ1) is 62.9. The smallest absolute Gasteiger partial charge is 0.287 e. The van der Waals surface area contributed by atoms with Crippen LogP contribution in [-0.4, -0.2) is 49.8 Å². The molecule has 0 aliphatic rings. The molecule has 0 amide bonds. The molecular weight excluding hydrogens is 1970 g/mol. The van der Waals surface area contributed by atoms with Crippen LogP contribution in [0.4, 0.5) is 0 Å². The molecule has 0 radical (unpaired) electrons. The zero-order chi connectivity index (χ0) is 89.4. The minimum Gasteiger partial charge on any atom is -0.287 e. The molecule has 12 heteroatoms. The van der Waals surface area contributed by atoms with Gasteiger partial charge in [0, 0.05) is 44.4 Å². The van der Waals surface area contributed by atoms with Gasteiger partial charge >= 0.3 is 40.2 Å². The van der Waals surface area contributed by atoms with Crippen LogP contribution in [0, 0.1) is 36.4 Å². The van der Waals surface area contributed by atoms with Crippen LogP contribution in [0.5, 0.6) is 0 Å². The maximum absolute atomic E-state index is 4.88. The zero-order valence-corrected chi connectivity index (χ0v) is 80.4. The topological polar surface area (TPSA) is 129 Å². The van der Waals surface area contributed by atoms with Gasteiger partial charge in [0.05, 0.1) is 6.33 Å². The predicted octanol–water partition coefficient (Wildman–Crippen LogP) is 29.6. The van der Waals surface area contributed by atoms with Crippen molar-refractivity contribution in [2.75, 3.05) is 0 Å². The Morgan fingerprint density at radius 3 is 0.447 bits per heavy atom. The van der Waals surface area contributed by atoms with Gasteiger partial charge in [0.1, 0.15) is 25.3 Å². The SMILES string of the molecule is CC(C)(C)c1cc(-c2[c-]cc(-c3ccccc3-c3cc(-c4ccccc4-c4c[c-]c(-c5cc(-c6[c-]cc(-c7ccccc7-c7cc(-c8ccccc8-c8c[c-]c(-c9cc(C(C)(C)C)ncn9)cc8)cc(-c8ccccc8-c8c[c-]c(-c9cc(C(C)(C)C)ncn9)cc8)c7)cc6)ncn5)cc4)cc(-c4ccccc4-c4c[c-]c(-c5cc(C(C)(C)C)ncn5)cc4)c3)cc2)ncn1.[Ir+3].[Ir+3]. The molecular formula is C120H94Ir2N10. The Hall–Kier alpha value is -14.2. The van der Waals surface area contributed by atoms with Gasteiger partial charge in [-0.1, -0.05) is 326 Å². The molecule has 0 N–H and O–H groups in total. The molecule has 14 aromatic carbocycles. The van der Waals surface area contributed by atoms with Crippen LogP contribution in [0.2, 0.25) is 0 Å². The van der Waals surface area contributed by atoms with Crippen LogP contribution in [0.3, 0.4) is 0 Å². The molecule has 19 rings (SSSR count). The molecule has 0 unspecified atom stereocenters. The van der Waals surface area contributed by atoms with Gasteiger partial charge in [0.25, 0.3) is 0 Å². The number of hydrogen-bond acceptors (Lipinski definition) is 10. The van der Waals surface area contributed by atoms with Gasteiger partial charge < -0.3 is 0 Å². The van der Waals surface area contributed by atoms with Crippen molar-refractivity contribution in [2.24, 2.45) is 0 Å². The fraction of sp³-hybridized carbons (Fsp3) is 0.133. The minimum absolute atomic E-state index is 0. The second-order valence-electron chi connectivity index (χ2n) is 37.3. The summed E-state index contributed by atoms with van der Waals surface area (Å²) in [7, 11) is 0. The third kappa shape index (κ3) is 19.2. The Labute approximate surface area is 801 Å². The van der Waals surface area contributed by atoms with Crippen LogP contribution in [0.1, 0.15) is 106 Å². The van der Waals surface area contributed by atoms with Crippen molar-refractivity contribution in [1.29, 1.82) is 0 Å². The van der Waals surface area contributed by atoms with E-state index < -0.39 is 0 Å². The predicted molar refractivity (Wildman–Crippen MR) is 530 cm³/mol. The van der Waals surface area contributed by atoms with Crippen molar-refractivity contribution >= 4 is 0 Å². The molecule has 0 aliphatic carbocycles. The molecule has 642 valence electrons. The Bertz CT molecular complexity index is 6640. The van der Waals surface area contributed by atoms with E-state index in [1.54, 1.807) is 31.6 Å². The van der Waals surface area contributed by atoms with E-state index in [1.807, 2.05) is 6.07 Å². The summed E-state index contributed by atoms with van der Waals surface area (Å²) in [6, 6.07) is 136. The fourth-order valence-corrected chi connectivity index (χ4v) is 16.9. The fourth-order valence-electron chi connectivity index (χ4n) is 16.9. The standard InChI is InChI=1S/C120H94N10.2Ir/c1-117(2,3)113-68-109(123-73-127-113)85-53-41-79(42-54-85)97-27-15-21-33-103(97)91-61-89(62-92(65-91)104-34-22-16-28-98(104)80-43-55-86(56-44-80)110-69-114(118(4,5)6)128-74-124-110)101-31-19-13-25-95(101)77-37-49-83(50-38-77)107-67-108(122-72-121-107)84-51-39-78(40-52-84)96-26-14-20-32-102(96)90-63-93(105-35-23-17-29-99(105)81-45-57-87(58-46-81)111-70-115(119(7,8)9)129-75-125-111)66-94(64-90)106-36-24-18-30-100(106)82-47-59-88(60-48-82)112-71-116(120(10,11)12)130-76-126-112;;/h13-49,51,53,55,57,59,61-76H,1-12H3;;/q-6;2*+3. The molecule has 0 spiro atoms. The quantitative estimate of drug-likeness (QED) is 0.0766. The van der Waals surface area contributed by atoms with Crippen LogP contribution in [0.25, 0.3) is 201 Å². The Morgan fingerprint density at radius 1 is 0.159 bits per heavy atom. The van der Waals surface area contributed by atoms with Crippen molar-refractivity contribution in [1.82, 2.24) is 49.8 Å². The van der Waals surface area contributed by atoms with Gasteiger partial charge in [-0.05, 0) is 137 Å². The van der Waals surface area contributed by atoms with Crippen LogP contribution >= 0.6 is 0 Å². The Morgan fingerprint density at radius 2 is 0.303 bits per heavy atom. The zero-order valence-electron chi connectivity index (χ0n) is 75.6. The van der Waals surface area contributed by atoms with E-state index in [4.69, 9.17) is 9.97 Å². The van der Waals surface area contributed by atoms with E-state index in [-0.39, 0.29) is 61.9 Å². The first-order valence-corrected chi connectivity index (χ1v) is 44.1. The maximum atomic E-state index is 4.88. The third-order valence-electron chi connectivity index (χ3n) is 24.1. The van der Waals surface area contributed by atoms with Crippen molar-refractivity contribution in [3.63, 3.8) is 0 Å². The van der Waals surface area contributed by atoms with E-state index in [0.717, 1.165) is 224 Å². The van der Waals surface area contributed by atoms with E-state index in [2.05, 4.69) is 475 Å². The molecule has 132 heavy (non-hydrogen) atoms. The number of rotatable bonds is 18. The van der Waals surface area contributed by atoms with Crippen molar-refractivity contribution in [3.8, 4) is 201 Å². The maximum Gasteiger partial charge on any atom is 3.00 e. The molecule has 0 fully saturated rings. The number of benzene rings is 14. The Balaban J connectivity index is 0.00000608. The molecule has 19 aromatic rings. The average Bonchev–Trinajstić information content (AvgIpc) is 0.767. The van der Waals surface area contributed by atoms with Crippen molar-refractivity contribution in [2.45, 2.75) is 105 Å². The van der Waals surface area contributed by atoms with E-state index in [0.29, 0.717) is 0 Å². The third-order valence-corrected chi connectivity index (χ3v) is 24.1. The average molecular weight is 2060 g/mol. The first kappa shape index (κ1) is 89.7. The monoisotopic (exact) mass is 2060 g/mol. The van der Waals surface area contributed by atoms with Gasteiger partial charge in [-0.15, -0.1) is 179 Å². The summed E-state index contributed by atoms with van der Waals surface area (Å²) >= 11 is 0. The van der Waals surface area contributed by atoms with Crippen molar-refractivity contribution in [3.05, 3.63) is 412 Å². The van der Waals surface area contributed by atoms with Crippen LogP contribution in [-0.2, 0) is 61.9 Å². The summed E-state index contributed by atoms with van der Waals surface area (Å²) in [5.74, 6) is 0. The molecule has 10 nitrogen and oxygen atoms in total. The summed E-state index contributed by atoms with van der Waals surface area (Å²) in [6.45, 7) is 26.0. The van der Waals surface area contributed by atoms with Crippen molar-refractivity contribution < 1.29 is 40.2 Å². The second kappa shape index (κ2) is 37.7. The number of aromatic nitrogens is 10. The van der Waals surface area contributed by atoms with Gasteiger partial charge in [0.2, 0.25) is 0 Å². The molecule has 0 saturated heterocycles. The summed E-state index contributed by atoms with van der Waals surface area (Å²) in [5.41, 5.74) is 39.0. The van der Waals surface area contributed by atoms with Gasteiger partial charge in [-0.2, -0.15) is 0 Å². The van der Waals surface area contributed by atoms with Crippen LogP contribution in [0.15, 0.2) is 353 Å². The molecule has 0 aliphatic heterocycles. The molecule has 5 aromatic heterocycles. The van der Waals surface area contributed by atoms with Gasteiger partial charge in [-0.3, -0.25) is 29.9 Å². The second-order valence-corrected chi connectivity index (χ2v) is 37.3. The molecule has 0 saturated carbocycles. The summed E-state index contributed by atoms with van der Waals surface area (Å²) in [5, 5.41) is 0. The van der Waals surface area contributed by atoms with E-state index in [9.17, 15) is 0 Å². The number of hydrogen-bond donors (Lipinski definition) is 0. The minimum atomic E-state index is -0.132. The van der Waals surface area contributed by atoms with E-state index >= 15 is 0 Å². The van der Waals surface area contributed by atoms with Crippen LogP contribution < -0.4 is 0 Å². The molecule has 0 bridgehead atoms. The summed E-state index contributed by atoms with van der Waals surface area (Å²) < 4.78 is 0. The summed E-state index contributed by atoms with van der Waals surface area (Å²) in [6.07, 6.45) is 8.25. The first-order valence-electron chi connectivity index (χ1n) is 44.1. The molecule has 0 atom stereocenters.